The lowest BCUT2D eigenvalue weighted by Crippen LogP contribution is -2.44. The van der Waals surface area contributed by atoms with Gasteiger partial charge in [0.05, 0.1) is 18.4 Å². The summed E-state index contributed by atoms with van der Waals surface area (Å²) in [6, 6.07) is 6.78. The Balaban J connectivity index is 0.00000245. The molecule has 1 aromatic carbocycles. The molecule has 3 fully saturated rings. The molecule has 2 saturated carbocycles. The third-order valence-electron chi connectivity index (χ3n) is 7.36. The van der Waals surface area contributed by atoms with Gasteiger partial charge in [-0.1, -0.05) is 24.3 Å². The van der Waals surface area contributed by atoms with E-state index in [4.69, 9.17) is 4.99 Å². The van der Waals surface area contributed by atoms with Crippen molar-refractivity contribution in [3.05, 3.63) is 47.8 Å². The van der Waals surface area contributed by atoms with Crippen LogP contribution in [-0.4, -0.2) is 48.9 Å². The maximum absolute atomic E-state index is 13.6. The largest absolute Gasteiger partial charge is 0.357 e. The fourth-order valence-corrected chi connectivity index (χ4v) is 5.55. The smallest absolute Gasteiger partial charge is 0.233 e. The van der Waals surface area contributed by atoms with Gasteiger partial charge in [-0.15, -0.1) is 24.0 Å². The number of nitrogens with one attached hydrogen (secondary N) is 2. The van der Waals surface area contributed by atoms with E-state index < -0.39 is 0 Å². The molecule has 1 heterocycles. The Morgan fingerprint density at radius 3 is 2.44 bits per heavy atom. The van der Waals surface area contributed by atoms with E-state index in [9.17, 15) is 14.0 Å². The van der Waals surface area contributed by atoms with E-state index in [1.807, 2.05) is 13.0 Å². The third kappa shape index (κ3) is 4.06. The standard InChI is InChI=1S/C24H29FN4O2.HI/c1-2-26-23(28-14-24(8-9-24)17-4-3-5-18(25)13-17)27-10-11-29-21(30)19-15-6-7-16(12-15)20(19)22(29)31;/h3-7,13,15-16,19-20H,2,8-12,14H2,1H3,(H2,26,27,28);1H. The lowest BCUT2D eigenvalue weighted by atomic mass is 9.85. The van der Waals surface area contributed by atoms with Gasteiger partial charge >= 0.3 is 0 Å². The molecule has 5 rings (SSSR count). The van der Waals surface area contributed by atoms with Crippen molar-refractivity contribution < 1.29 is 14.0 Å². The minimum atomic E-state index is -0.217. The number of halogens is 2. The number of carbonyl (C=O) groups excluding carboxylic acids is 2. The van der Waals surface area contributed by atoms with Gasteiger partial charge in [-0.3, -0.25) is 19.5 Å². The van der Waals surface area contributed by atoms with Crippen molar-refractivity contribution in [2.75, 3.05) is 26.2 Å². The average Bonchev–Trinajstić information content (AvgIpc) is 3.15. The summed E-state index contributed by atoms with van der Waals surface area (Å²) in [6.45, 7) is 4.09. The number of nitrogens with zero attached hydrogens (tertiary/aromatic N) is 2. The second kappa shape index (κ2) is 9.11. The molecule has 8 heteroatoms. The molecule has 0 aromatic heterocycles. The van der Waals surface area contributed by atoms with Crippen molar-refractivity contribution in [3.63, 3.8) is 0 Å². The number of hydrogen-bond acceptors (Lipinski definition) is 3. The fourth-order valence-electron chi connectivity index (χ4n) is 5.55. The van der Waals surface area contributed by atoms with Crippen molar-refractivity contribution in [1.29, 1.82) is 0 Å². The number of allylic oxidation sites excluding steroid dienone is 2. The summed E-state index contributed by atoms with van der Waals surface area (Å²) < 4.78 is 13.6. The molecule has 1 aliphatic heterocycles. The Labute approximate surface area is 205 Å². The predicted molar refractivity (Wildman–Crippen MR) is 131 cm³/mol. The Hall–Kier alpha value is -1.97. The molecule has 4 unspecified atom stereocenters. The number of guanidine groups is 1. The number of likely N-dealkylation sites (tertiary alicyclic amines) is 1. The molecule has 32 heavy (non-hydrogen) atoms. The first-order valence-corrected chi connectivity index (χ1v) is 11.3. The van der Waals surface area contributed by atoms with E-state index in [0.29, 0.717) is 32.1 Å². The van der Waals surface area contributed by atoms with Crippen LogP contribution in [0.5, 0.6) is 0 Å². The van der Waals surface area contributed by atoms with Crippen LogP contribution in [-0.2, 0) is 15.0 Å². The van der Waals surface area contributed by atoms with E-state index >= 15 is 0 Å². The van der Waals surface area contributed by atoms with Crippen molar-refractivity contribution in [1.82, 2.24) is 15.5 Å². The zero-order valence-corrected chi connectivity index (χ0v) is 20.6. The van der Waals surface area contributed by atoms with Crippen LogP contribution in [0.4, 0.5) is 4.39 Å². The average molecular weight is 552 g/mol. The molecule has 1 aromatic rings. The second-order valence-electron chi connectivity index (χ2n) is 9.24. The van der Waals surface area contributed by atoms with E-state index in [1.54, 1.807) is 12.1 Å². The van der Waals surface area contributed by atoms with Crippen LogP contribution in [0, 0.1) is 29.5 Å². The van der Waals surface area contributed by atoms with Crippen LogP contribution < -0.4 is 10.6 Å². The fraction of sp³-hybridized carbons (Fsp3) is 0.542. The van der Waals surface area contributed by atoms with Gasteiger partial charge in [-0.25, -0.2) is 4.39 Å². The zero-order valence-electron chi connectivity index (χ0n) is 18.2. The summed E-state index contributed by atoms with van der Waals surface area (Å²) in [7, 11) is 0. The number of fused-ring (bicyclic) bond motifs is 5. The van der Waals surface area contributed by atoms with Crippen molar-refractivity contribution in [3.8, 4) is 0 Å². The molecule has 4 aliphatic rings. The predicted octanol–water partition coefficient (Wildman–Crippen LogP) is 2.84. The van der Waals surface area contributed by atoms with Crippen LogP contribution in [0.2, 0.25) is 0 Å². The third-order valence-corrected chi connectivity index (χ3v) is 7.36. The first-order valence-electron chi connectivity index (χ1n) is 11.3. The molecular weight excluding hydrogens is 522 g/mol. The quantitative estimate of drug-likeness (QED) is 0.180. The molecule has 6 nitrogen and oxygen atoms in total. The highest BCUT2D eigenvalue weighted by molar-refractivity contribution is 14.0. The number of carbonyl (C=O) groups is 2. The lowest BCUT2D eigenvalue weighted by molar-refractivity contribution is -0.140. The highest BCUT2D eigenvalue weighted by Crippen LogP contribution is 2.52. The second-order valence-corrected chi connectivity index (χ2v) is 9.24. The highest BCUT2D eigenvalue weighted by atomic mass is 127. The summed E-state index contributed by atoms with van der Waals surface area (Å²) in [5, 5.41) is 6.48. The van der Waals surface area contributed by atoms with Gasteiger partial charge in [-0.2, -0.15) is 0 Å². The minimum Gasteiger partial charge on any atom is -0.357 e. The Bertz CT molecular complexity index is 931. The molecule has 3 aliphatic carbocycles. The number of imide groups is 1. The first-order chi connectivity index (χ1) is 15.0. The van der Waals surface area contributed by atoms with Crippen LogP contribution in [0.25, 0.3) is 0 Å². The van der Waals surface area contributed by atoms with Gasteiger partial charge < -0.3 is 10.6 Å². The van der Waals surface area contributed by atoms with E-state index in [1.165, 1.54) is 11.0 Å². The SMILES string of the molecule is CCNC(=NCC1(c2cccc(F)c2)CC1)NCCN1C(=O)C2C3C=CC(C3)C2C1=O.I. The Kier molecular flexibility index (Phi) is 6.61. The van der Waals surface area contributed by atoms with Gasteiger partial charge in [0, 0.05) is 25.0 Å². The van der Waals surface area contributed by atoms with Crippen molar-refractivity contribution >= 4 is 41.8 Å². The number of hydrogen-bond donors (Lipinski definition) is 2. The Morgan fingerprint density at radius 2 is 1.84 bits per heavy atom. The Morgan fingerprint density at radius 1 is 1.16 bits per heavy atom. The van der Waals surface area contributed by atoms with Gasteiger partial charge in [0.25, 0.3) is 0 Å². The van der Waals surface area contributed by atoms with Gasteiger partial charge in [0.2, 0.25) is 11.8 Å². The summed E-state index contributed by atoms with van der Waals surface area (Å²) in [5.41, 5.74) is 0.907. The minimum absolute atomic E-state index is 0. The normalized spacial score (nSPS) is 29.2. The van der Waals surface area contributed by atoms with Crippen LogP contribution in [0.3, 0.4) is 0 Å². The molecule has 172 valence electrons. The number of benzene rings is 1. The summed E-state index contributed by atoms with van der Waals surface area (Å²) in [6.07, 6.45) is 7.16. The molecular formula is C24H30FIN4O2. The molecule has 2 bridgehead atoms. The monoisotopic (exact) mass is 552 g/mol. The van der Waals surface area contributed by atoms with E-state index in [0.717, 1.165) is 24.8 Å². The number of rotatable bonds is 7. The van der Waals surface area contributed by atoms with Crippen LogP contribution >= 0.6 is 24.0 Å². The zero-order chi connectivity index (χ0) is 21.6. The van der Waals surface area contributed by atoms with Crippen LogP contribution in [0.15, 0.2) is 41.4 Å². The molecule has 0 spiro atoms. The molecule has 2 amide bonds. The number of amides is 2. The van der Waals surface area contributed by atoms with Gasteiger partial charge in [-0.05, 0) is 55.7 Å². The molecule has 4 atom stereocenters. The van der Waals surface area contributed by atoms with Crippen molar-refractivity contribution in [2.24, 2.45) is 28.7 Å². The summed E-state index contributed by atoms with van der Waals surface area (Å²) >= 11 is 0. The molecule has 0 radical (unpaired) electrons. The summed E-state index contributed by atoms with van der Waals surface area (Å²) in [4.78, 5) is 31.8. The molecule has 2 N–H and O–H groups in total. The van der Waals surface area contributed by atoms with Crippen molar-refractivity contribution in [2.45, 2.75) is 31.6 Å². The summed E-state index contributed by atoms with van der Waals surface area (Å²) in [5.74, 6) is 0.590. The number of aliphatic imine (C=N–C) groups is 1. The van der Waals surface area contributed by atoms with Crippen LogP contribution in [0.1, 0.15) is 31.7 Å². The van der Waals surface area contributed by atoms with E-state index in [-0.39, 0.29) is 70.7 Å². The van der Waals surface area contributed by atoms with Gasteiger partial charge in [0.15, 0.2) is 5.96 Å². The maximum Gasteiger partial charge on any atom is 0.233 e. The van der Waals surface area contributed by atoms with Gasteiger partial charge in [0.1, 0.15) is 5.82 Å². The topological polar surface area (TPSA) is 73.8 Å². The highest BCUT2D eigenvalue weighted by Gasteiger charge is 2.58. The van der Waals surface area contributed by atoms with E-state index in [2.05, 4.69) is 22.8 Å². The molecule has 1 saturated heterocycles. The first kappa shape index (κ1) is 23.2. The lowest BCUT2D eigenvalue weighted by Gasteiger charge is -2.19. The maximum atomic E-state index is 13.6.